The van der Waals surface area contributed by atoms with Crippen LogP contribution < -0.4 is 5.32 Å². The van der Waals surface area contributed by atoms with Gasteiger partial charge in [-0.2, -0.15) is 5.10 Å². The van der Waals surface area contributed by atoms with Gasteiger partial charge in [0.15, 0.2) is 0 Å². The summed E-state index contributed by atoms with van der Waals surface area (Å²) in [5.41, 5.74) is 2.24. The zero-order chi connectivity index (χ0) is 11.8. The van der Waals surface area contributed by atoms with Crippen LogP contribution in [0.4, 0.5) is 5.69 Å². The molecule has 1 atom stereocenters. The van der Waals surface area contributed by atoms with Crippen molar-refractivity contribution in [3.05, 3.63) is 34.3 Å². The first-order valence-corrected chi connectivity index (χ1v) is 6.92. The van der Waals surface area contributed by atoms with Gasteiger partial charge in [0.05, 0.1) is 17.4 Å². The normalized spacial score (nSPS) is 17.1. The second-order valence-corrected chi connectivity index (χ2v) is 5.76. The van der Waals surface area contributed by atoms with Crippen molar-refractivity contribution in [1.82, 2.24) is 9.78 Å². The third-order valence-electron chi connectivity index (χ3n) is 3.27. The number of anilines is 1. The molecule has 0 bridgehead atoms. The molecule has 1 unspecified atom stereocenters. The number of hydrogen-bond acceptors (Lipinski definition) is 3. The number of nitrogens with one attached hydrogen (secondary N) is 1. The van der Waals surface area contributed by atoms with Crippen molar-refractivity contribution in [3.63, 3.8) is 0 Å². The summed E-state index contributed by atoms with van der Waals surface area (Å²) in [7, 11) is 1.97. The summed E-state index contributed by atoms with van der Waals surface area (Å²) >= 11 is 1.84. The standard InChI is InChI=1S/C13H17N3S/c1-9-11(8-16(2)15-9)14-13(10-5-6-10)12-4-3-7-17-12/h3-4,7-8,10,13-14H,5-6H2,1-2H3. The molecule has 2 aromatic rings. The molecule has 90 valence electrons. The van der Waals surface area contributed by atoms with Gasteiger partial charge in [-0.25, -0.2) is 0 Å². The summed E-state index contributed by atoms with van der Waals surface area (Å²) in [6, 6.07) is 4.83. The summed E-state index contributed by atoms with van der Waals surface area (Å²) in [6.07, 6.45) is 4.75. The van der Waals surface area contributed by atoms with E-state index in [0.29, 0.717) is 6.04 Å². The molecule has 1 N–H and O–H groups in total. The van der Waals surface area contributed by atoms with Crippen molar-refractivity contribution >= 4 is 17.0 Å². The Kier molecular flexibility index (Phi) is 2.67. The third-order valence-corrected chi connectivity index (χ3v) is 4.22. The minimum atomic E-state index is 0.470. The zero-order valence-electron chi connectivity index (χ0n) is 10.2. The van der Waals surface area contributed by atoms with E-state index in [2.05, 4.69) is 41.0 Å². The zero-order valence-corrected chi connectivity index (χ0v) is 11.0. The SMILES string of the molecule is Cc1nn(C)cc1NC(c1cccs1)C1CC1. The molecule has 4 heteroatoms. The van der Waals surface area contributed by atoms with E-state index in [9.17, 15) is 0 Å². The molecule has 0 aromatic carbocycles. The highest BCUT2D eigenvalue weighted by atomic mass is 32.1. The fraction of sp³-hybridized carbons (Fsp3) is 0.462. The predicted molar refractivity (Wildman–Crippen MR) is 71.4 cm³/mol. The van der Waals surface area contributed by atoms with Crippen LogP contribution in [0.25, 0.3) is 0 Å². The van der Waals surface area contributed by atoms with Crippen molar-refractivity contribution in [2.75, 3.05) is 5.32 Å². The lowest BCUT2D eigenvalue weighted by Crippen LogP contribution is -2.11. The van der Waals surface area contributed by atoms with Gasteiger partial charge in [-0.3, -0.25) is 4.68 Å². The Morgan fingerprint density at radius 3 is 2.88 bits per heavy atom. The summed E-state index contributed by atoms with van der Waals surface area (Å²) < 4.78 is 1.87. The van der Waals surface area contributed by atoms with Gasteiger partial charge in [0, 0.05) is 18.1 Å². The predicted octanol–water partition coefficient (Wildman–Crippen LogP) is 3.35. The molecule has 17 heavy (non-hydrogen) atoms. The molecule has 1 saturated carbocycles. The van der Waals surface area contributed by atoms with Crippen molar-refractivity contribution in [3.8, 4) is 0 Å². The summed E-state index contributed by atoms with van der Waals surface area (Å²) in [6.45, 7) is 2.06. The molecule has 0 saturated heterocycles. The summed E-state index contributed by atoms with van der Waals surface area (Å²) in [5.74, 6) is 0.799. The van der Waals surface area contributed by atoms with Crippen LogP contribution in [-0.2, 0) is 7.05 Å². The molecular weight excluding hydrogens is 230 g/mol. The van der Waals surface area contributed by atoms with E-state index in [1.807, 2.05) is 23.1 Å². The quantitative estimate of drug-likeness (QED) is 0.898. The van der Waals surface area contributed by atoms with E-state index in [4.69, 9.17) is 0 Å². The minimum absolute atomic E-state index is 0.470. The molecule has 1 aliphatic carbocycles. The fourth-order valence-electron chi connectivity index (χ4n) is 2.23. The van der Waals surface area contributed by atoms with Crippen LogP contribution in [0.3, 0.4) is 0 Å². The largest absolute Gasteiger partial charge is 0.374 e. The van der Waals surface area contributed by atoms with Crippen molar-refractivity contribution in [2.45, 2.75) is 25.8 Å². The Balaban J connectivity index is 1.83. The van der Waals surface area contributed by atoms with Crippen LogP contribution in [-0.4, -0.2) is 9.78 Å². The molecule has 2 aromatic heterocycles. The highest BCUT2D eigenvalue weighted by molar-refractivity contribution is 7.10. The molecule has 0 amide bonds. The summed E-state index contributed by atoms with van der Waals surface area (Å²) in [4.78, 5) is 1.44. The Morgan fingerprint density at radius 1 is 1.53 bits per heavy atom. The number of rotatable bonds is 4. The third kappa shape index (κ3) is 2.22. The first kappa shape index (κ1) is 10.8. The first-order valence-electron chi connectivity index (χ1n) is 6.04. The van der Waals surface area contributed by atoms with Gasteiger partial charge in [0.25, 0.3) is 0 Å². The monoisotopic (exact) mass is 247 g/mol. The van der Waals surface area contributed by atoms with Gasteiger partial charge in [-0.1, -0.05) is 6.07 Å². The Hall–Kier alpha value is -1.29. The van der Waals surface area contributed by atoms with E-state index in [1.54, 1.807) is 0 Å². The Morgan fingerprint density at radius 2 is 2.35 bits per heavy atom. The van der Waals surface area contributed by atoms with Gasteiger partial charge in [0.2, 0.25) is 0 Å². The lowest BCUT2D eigenvalue weighted by atomic mass is 10.1. The van der Waals surface area contributed by atoms with Gasteiger partial charge in [0.1, 0.15) is 0 Å². The Labute approximate surface area is 105 Å². The molecule has 1 aliphatic rings. The maximum atomic E-state index is 4.38. The Bertz CT molecular complexity index is 497. The van der Waals surface area contributed by atoms with Crippen LogP contribution in [0, 0.1) is 12.8 Å². The first-order chi connectivity index (χ1) is 8.24. The molecule has 1 fully saturated rings. The second kappa shape index (κ2) is 4.18. The number of hydrogen-bond donors (Lipinski definition) is 1. The molecular formula is C13H17N3S. The van der Waals surface area contributed by atoms with Crippen LogP contribution in [0.2, 0.25) is 0 Å². The van der Waals surface area contributed by atoms with Crippen LogP contribution in [0.5, 0.6) is 0 Å². The smallest absolute Gasteiger partial charge is 0.0825 e. The highest BCUT2D eigenvalue weighted by Crippen LogP contribution is 2.44. The van der Waals surface area contributed by atoms with Crippen LogP contribution in [0.1, 0.15) is 29.5 Å². The van der Waals surface area contributed by atoms with Gasteiger partial charge < -0.3 is 5.32 Å². The number of thiophene rings is 1. The molecule has 0 spiro atoms. The fourth-order valence-corrected chi connectivity index (χ4v) is 3.10. The lowest BCUT2D eigenvalue weighted by Gasteiger charge is -2.17. The van der Waals surface area contributed by atoms with E-state index in [1.165, 1.54) is 17.7 Å². The van der Waals surface area contributed by atoms with Gasteiger partial charge in [-0.15, -0.1) is 11.3 Å². The summed E-state index contributed by atoms with van der Waals surface area (Å²) in [5, 5.41) is 10.2. The number of nitrogens with zero attached hydrogens (tertiary/aromatic N) is 2. The van der Waals surface area contributed by atoms with E-state index < -0.39 is 0 Å². The van der Waals surface area contributed by atoms with E-state index in [-0.39, 0.29) is 0 Å². The minimum Gasteiger partial charge on any atom is -0.374 e. The number of aromatic nitrogens is 2. The molecule has 3 rings (SSSR count). The maximum absolute atomic E-state index is 4.38. The van der Waals surface area contributed by atoms with E-state index in [0.717, 1.165) is 17.3 Å². The number of aryl methyl sites for hydroxylation is 2. The van der Waals surface area contributed by atoms with Gasteiger partial charge in [-0.05, 0) is 37.1 Å². The average molecular weight is 247 g/mol. The van der Waals surface area contributed by atoms with Crippen molar-refractivity contribution in [2.24, 2.45) is 13.0 Å². The molecule has 0 aliphatic heterocycles. The van der Waals surface area contributed by atoms with Gasteiger partial charge >= 0.3 is 0 Å². The van der Waals surface area contributed by atoms with Crippen LogP contribution in [0.15, 0.2) is 23.7 Å². The van der Waals surface area contributed by atoms with Crippen molar-refractivity contribution in [1.29, 1.82) is 0 Å². The van der Waals surface area contributed by atoms with Crippen LogP contribution >= 0.6 is 11.3 Å². The molecule has 3 nitrogen and oxygen atoms in total. The topological polar surface area (TPSA) is 29.9 Å². The average Bonchev–Trinajstić information content (AvgIpc) is 2.88. The molecule has 0 radical (unpaired) electrons. The highest BCUT2D eigenvalue weighted by Gasteiger charge is 2.33. The van der Waals surface area contributed by atoms with E-state index >= 15 is 0 Å². The second-order valence-electron chi connectivity index (χ2n) is 4.78. The molecule has 2 heterocycles. The maximum Gasteiger partial charge on any atom is 0.0825 e. The lowest BCUT2D eigenvalue weighted by molar-refractivity contribution is 0.690. The van der Waals surface area contributed by atoms with Crippen molar-refractivity contribution < 1.29 is 0 Å².